The molecule has 0 saturated carbocycles. The van der Waals surface area contributed by atoms with Gasteiger partial charge in [0.1, 0.15) is 0 Å². The second-order valence-corrected chi connectivity index (χ2v) is 3.71. The molecule has 2 aromatic rings. The fourth-order valence-corrected chi connectivity index (χ4v) is 1.49. The van der Waals surface area contributed by atoms with Crippen LogP contribution < -0.4 is 5.43 Å². The molecule has 0 radical (unpaired) electrons. The lowest BCUT2D eigenvalue weighted by Crippen LogP contribution is -1.94. The Kier molecular flexibility index (Phi) is 3.72. The molecule has 96 valence electrons. The van der Waals surface area contributed by atoms with Crippen LogP contribution in [0.1, 0.15) is 5.56 Å². The molecule has 0 aliphatic carbocycles. The molecule has 2 N–H and O–H groups in total. The van der Waals surface area contributed by atoms with E-state index in [9.17, 15) is 15.2 Å². The van der Waals surface area contributed by atoms with Crippen LogP contribution in [0.5, 0.6) is 5.75 Å². The van der Waals surface area contributed by atoms with Crippen LogP contribution >= 0.6 is 0 Å². The van der Waals surface area contributed by atoms with Gasteiger partial charge in [-0.05, 0) is 18.2 Å². The molecule has 0 aromatic heterocycles. The topological polar surface area (TPSA) is 87.8 Å². The first-order valence-corrected chi connectivity index (χ1v) is 5.49. The molecular weight excluding hydrogens is 246 g/mol. The zero-order chi connectivity index (χ0) is 13.7. The minimum atomic E-state index is -0.642. The van der Waals surface area contributed by atoms with Gasteiger partial charge in [-0.2, -0.15) is 5.10 Å². The number of phenolic OH excluding ortho intramolecular Hbond substituents is 1. The van der Waals surface area contributed by atoms with Crippen molar-refractivity contribution >= 4 is 17.6 Å². The van der Waals surface area contributed by atoms with Crippen molar-refractivity contribution in [3.05, 3.63) is 64.2 Å². The van der Waals surface area contributed by atoms with E-state index in [4.69, 9.17) is 0 Å². The Morgan fingerprint density at radius 3 is 2.58 bits per heavy atom. The molecule has 0 heterocycles. The number of benzene rings is 2. The second kappa shape index (κ2) is 5.63. The average Bonchev–Trinajstić information content (AvgIpc) is 2.41. The standard InChI is InChI=1S/C13H11N3O3/c17-13-10(5-4-8-12(13)16(18)19)9-14-15-11-6-2-1-3-7-11/h1-9,15,17H/b14-9-. The fraction of sp³-hybridized carbons (Fsp3) is 0. The van der Waals surface area contributed by atoms with Crippen molar-refractivity contribution in [1.82, 2.24) is 0 Å². The van der Waals surface area contributed by atoms with E-state index in [0.29, 0.717) is 0 Å². The zero-order valence-corrected chi connectivity index (χ0v) is 9.85. The summed E-state index contributed by atoms with van der Waals surface area (Å²) >= 11 is 0. The van der Waals surface area contributed by atoms with Crippen LogP contribution in [0.4, 0.5) is 11.4 Å². The Hall–Kier alpha value is -2.89. The minimum Gasteiger partial charge on any atom is -0.502 e. The maximum Gasteiger partial charge on any atom is 0.311 e. The van der Waals surface area contributed by atoms with Gasteiger partial charge in [-0.1, -0.05) is 24.3 Å². The number of hydrazone groups is 1. The molecule has 2 aromatic carbocycles. The summed E-state index contributed by atoms with van der Waals surface area (Å²) in [6.07, 6.45) is 1.33. The van der Waals surface area contributed by atoms with Gasteiger partial charge in [0, 0.05) is 11.6 Å². The first-order valence-electron chi connectivity index (χ1n) is 5.49. The molecule has 0 saturated heterocycles. The number of nitro benzene ring substituents is 1. The van der Waals surface area contributed by atoms with Gasteiger partial charge in [-0.3, -0.25) is 15.5 Å². The number of rotatable bonds is 4. The molecule has 6 heteroatoms. The van der Waals surface area contributed by atoms with Crippen molar-refractivity contribution in [2.24, 2.45) is 5.10 Å². The lowest BCUT2D eigenvalue weighted by atomic mass is 10.2. The first kappa shape index (κ1) is 12.6. The van der Waals surface area contributed by atoms with Crippen LogP contribution in [0, 0.1) is 10.1 Å². The van der Waals surface area contributed by atoms with Gasteiger partial charge < -0.3 is 5.11 Å². The number of anilines is 1. The molecule has 0 bridgehead atoms. The zero-order valence-electron chi connectivity index (χ0n) is 9.85. The van der Waals surface area contributed by atoms with Gasteiger partial charge >= 0.3 is 5.69 Å². The fourth-order valence-electron chi connectivity index (χ4n) is 1.49. The maximum absolute atomic E-state index is 10.7. The van der Waals surface area contributed by atoms with Gasteiger partial charge in [-0.25, -0.2) is 0 Å². The largest absolute Gasteiger partial charge is 0.502 e. The molecule has 0 aliphatic rings. The number of aromatic hydroxyl groups is 1. The van der Waals surface area contributed by atoms with Crippen LogP contribution in [0.2, 0.25) is 0 Å². The van der Waals surface area contributed by atoms with Gasteiger partial charge in [0.05, 0.1) is 16.8 Å². The summed E-state index contributed by atoms with van der Waals surface area (Å²) in [5.74, 6) is -0.397. The van der Waals surface area contributed by atoms with E-state index in [2.05, 4.69) is 10.5 Å². The minimum absolute atomic E-state index is 0.276. The van der Waals surface area contributed by atoms with Crippen molar-refractivity contribution in [1.29, 1.82) is 0 Å². The molecule has 0 atom stereocenters. The molecule has 0 unspecified atom stereocenters. The van der Waals surface area contributed by atoms with Crippen LogP contribution in [0.3, 0.4) is 0 Å². The Labute approximate surface area is 109 Å². The molecule has 0 fully saturated rings. The van der Waals surface area contributed by atoms with Crippen LogP contribution in [-0.4, -0.2) is 16.2 Å². The molecule has 19 heavy (non-hydrogen) atoms. The summed E-state index contributed by atoms with van der Waals surface area (Å²) in [6, 6.07) is 13.5. The third-order valence-electron chi connectivity index (χ3n) is 2.41. The number of hydrogen-bond donors (Lipinski definition) is 2. The van der Waals surface area contributed by atoms with E-state index in [1.807, 2.05) is 30.3 Å². The molecule has 0 aliphatic heterocycles. The summed E-state index contributed by atoms with van der Waals surface area (Å²) in [7, 11) is 0. The van der Waals surface area contributed by atoms with Crippen LogP contribution in [-0.2, 0) is 0 Å². The summed E-state index contributed by atoms with van der Waals surface area (Å²) in [5, 5.41) is 24.3. The van der Waals surface area contributed by atoms with Crippen molar-refractivity contribution in [2.45, 2.75) is 0 Å². The second-order valence-electron chi connectivity index (χ2n) is 3.71. The first-order chi connectivity index (χ1) is 9.18. The van der Waals surface area contributed by atoms with Crippen molar-refractivity contribution in [2.75, 3.05) is 5.43 Å². The lowest BCUT2D eigenvalue weighted by molar-refractivity contribution is -0.385. The third kappa shape index (κ3) is 3.06. The molecule has 2 rings (SSSR count). The summed E-state index contributed by atoms with van der Waals surface area (Å²) in [5.41, 5.74) is 3.47. The molecule has 6 nitrogen and oxygen atoms in total. The van der Waals surface area contributed by atoms with Crippen molar-refractivity contribution < 1.29 is 10.0 Å². The normalized spacial score (nSPS) is 10.5. The highest BCUT2D eigenvalue weighted by molar-refractivity contribution is 5.86. The van der Waals surface area contributed by atoms with Gasteiger partial charge in [0.25, 0.3) is 0 Å². The molecule has 0 spiro atoms. The number of nitrogens with zero attached hydrogens (tertiary/aromatic N) is 2. The quantitative estimate of drug-likeness (QED) is 0.500. The third-order valence-corrected chi connectivity index (χ3v) is 2.41. The lowest BCUT2D eigenvalue weighted by Gasteiger charge is -2.01. The summed E-state index contributed by atoms with van der Waals surface area (Å²) in [4.78, 5) is 10.0. The van der Waals surface area contributed by atoms with E-state index in [1.54, 1.807) is 6.07 Å². The van der Waals surface area contributed by atoms with E-state index >= 15 is 0 Å². The molecule has 0 amide bonds. The Balaban J connectivity index is 2.15. The van der Waals surface area contributed by atoms with Crippen molar-refractivity contribution in [3.63, 3.8) is 0 Å². The number of nitro groups is 1. The number of phenols is 1. The van der Waals surface area contributed by atoms with Gasteiger partial charge in [0.2, 0.25) is 5.75 Å². The van der Waals surface area contributed by atoms with E-state index < -0.39 is 10.7 Å². The van der Waals surface area contributed by atoms with E-state index in [-0.39, 0.29) is 11.3 Å². The maximum atomic E-state index is 10.7. The highest BCUT2D eigenvalue weighted by Gasteiger charge is 2.14. The highest BCUT2D eigenvalue weighted by atomic mass is 16.6. The van der Waals surface area contributed by atoms with Gasteiger partial charge in [0.15, 0.2) is 0 Å². The number of para-hydroxylation sites is 2. The summed E-state index contributed by atoms with van der Waals surface area (Å²) in [6.45, 7) is 0. The monoisotopic (exact) mass is 257 g/mol. The Bertz CT molecular complexity index is 612. The summed E-state index contributed by atoms with van der Waals surface area (Å²) < 4.78 is 0. The number of nitrogens with one attached hydrogen (secondary N) is 1. The van der Waals surface area contributed by atoms with Crippen LogP contribution in [0.25, 0.3) is 0 Å². The number of hydrogen-bond acceptors (Lipinski definition) is 5. The van der Waals surface area contributed by atoms with Crippen molar-refractivity contribution in [3.8, 4) is 5.75 Å². The van der Waals surface area contributed by atoms with Gasteiger partial charge in [-0.15, -0.1) is 0 Å². The molecular formula is C13H11N3O3. The van der Waals surface area contributed by atoms with E-state index in [1.165, 1.54) is 18.3 Å². The van der Waals surface area contributed by atoms with E-state index in [0.717, 1.165) is 5.69 Å². The predicted octanol–water partition coefficient (Wildman–Crippen LogP) is 2.75. The Morgan fingerprint density at radius 2 is 1.89 bits per heavy atom. The SMILES string of the molecule is O=[N+]([O-])c1cccc(/C=N\Nc2ccccc2)c1O. The predicted molar refractivity (Wildman–Crippen MR) is 72.4 cm³/mol. The smallest absolute Gasteiger partial charge is 0.311 e. The van der Waals surface area contributed by atoms with Crippen LogP contribution in [0.15, 0.2) is 53.6 Å². The Morgan fingerprint density at radius 1 is 1.16 bits per heavy atom. The average molecular weight is 257 g/mol. The highest BCUT2D eigenvalue weighted by Crippen LogP contribution is 2.27.